The summed E-state index contributed by atoms with van der Waals surface area (Å²) in [5, 5.41) is 8.24. The van der Waals surface area contributed by atoms with E-state index in [2.05, 4.69) is 15.1 Å². The number of carbonyl (C=O) groups is 1. The first-order chi connectivity index (χ1) is 13.0. The SMILES string of the molecule is CC(Oc1ccccc1F)C(=O)N1CCN(c2cc(N(C)C)cnn2)CC1. The van der Waals surface area contributed by atoms with Gasteiger partial charge in [-0.15, -0.1) is 5.10 Å². The fourth-order valence-corrected chi connectivity index (χ4v) is 2.94. The molecule has 1 amide bonds. The molecule has 3 rings (SSSR count). The van der Waals surface area contributed by atoms with Crippen molar-refractivity contribution in [3.05, 3.63) is 42.3 Å². The number of nitrogens with zero attached hydrogens (tertiary/aromatic N) is 5. The van der Waals surface area contributed by atoms with E-state index in [1.807, 2.05) is 25.1 Å². The van der Waals surface area contributed by atoms with Gasteiger partial charge in [0.05, 0.1) is 11.9 Å². The number of rotatable bonds is 5. The number of piperazine rings is 1. The molecule has 1 aromatic heterocycles. The smallest absolute Gasteiger partial charge is 0.263 e. The molecule has 1 saturated heterocycles. The summed E-state index contributed by atoms with van der Waals surface area (Å²) >= 11 is 0. The van der Waals surface area contributed by atoms with Crippen molar-refractivity contribution in [2.75, 3.05) is 50.1 Å². The molecule has 1 aromatic carbocycles. The van der Waals surface area contributed by atoms with E-state index in [1.165, 1.54) is 12.1 Å². The third-order valence-corrected chi connectivity index (χ3v) is 4.55. The highest BCUT2D eigenvalue weighted by Gasteiger charge is 2.27. The second kappa shape index (κ2) is 8.20. The molecule has 0 spiro atoms. The molecule has 0 bridgehead atoms. The lowest BCUT2D eigenvalue weighted by Crippen LogP contribution is -2.52. The molecule has 2 aromatic rings. The highest BCUT2D eigenvalue weighted by Crippen LogP contribution is 2.20. The first-order valence-electron chi connectivity index (χ1n) is 8.90. The normalized spacial score (nSPS) is 15.4. The topological polar surface area (TPSA) is 61.8 Å². The number of ether oxygens (including phenoxy) is 1. The zero-order chi connectivity index (χ0) is 19.4. The molecule has 8 heteroatoms. The minimum atomic E-state index is -0.745. The lowest BCUT2D eigenvalue weighted by atomic mass is 10.2. The summed E-state index contributed by atoms with van der Waals surface area (Å²) in [6.07, 6.45) is 0.968. The molecule has 7 nitrogen and oxygen atoms in total. The molecular formula is C19H24FN5O2. The van der Waals surface area contributed by atoms with Gasteiger partial charge in [0.1, 0.15) is 0 Å². The Kier molecular flexibility index (Phi) is 5.73. The van der Waals surface area contributed by atoms with Crippen molar-refractivity contribution in [2.24, 2.45) is 0 Å². The minimum Gasteiger partial charge on any atom is -0.478 e. The van der Waals surface area contributed by atoms with Crippen LogP contribution in [0.3, 0.4) is 0 Å². The summed E-state index contributed by atoms with van der Waals surface area (Å²) in [5.41, 5.74) is 0.977. The number of aromatic nitrogens is 2. The quantitative estimate of drug-likeness (QED) is 0.797. The van der Waals surface area contributed by atoms with Crippen LogP contribution in [0.4, 0.5) is 15.9 Å². The Hall–Kier alpha value is -2.90. The number of hydrogen-bond donors (Lipinski definition) is 0. The van der Waals surface area contributed by atoms with Crippen LogP contribution in [0.5, 0.6) is 5.75 Å². The average molecular weight is 373 g/mol. The van der Waals surface area contributed by atoms with Gasteiger partial charge in [-0.05, 0) is 19.1 Å². The maximum absolute atomic E-state index is 13.7. The molecule has 0 saturated carbocycles. The van der Waals surface area contributed by atoms with Gasteiger partial charge in [-0.25, -0.2) is 4.39 Å². The molecule has 1 aliphatic rings. The van der Waals surface area contributed by atoms with E-state index in [1.54, 1.807) is 30.2 Å². The predicted octanol–water partition coefficient (Wildman–Crippen LogP) is 1.80. The van der Waals surface area contributed by atoms with Crippen molar-refractivity contribution in [2.45, 2.75) is 13.0 Å². The Bertz CT molecular complexity index is 793. The van der Waals surface area contributed by atoms with Crippen LogP contribution in [0.15, 0.2) is 36.5 Å². The van der Waals surface area contributed by atoms with Gasteiger partial charge in [-0.1, -0.05) is 12.1 Å². The fraction of sp³-hybridized carbons (Fsp3) is 0.421. The number of benzene rings is 1. The van der Waals surface area contributed by atoms with Crippen LogP contribution in [-0.4, -0.2) is 67.4 Å². The van der Waals surface area contributed by atoms with Crippen LogP contribution in [0, 0.1) is 5.82 Å². The summed E-state index contributed by atoms with van der Waals surface area (Å²) in [5.74, 6) is 0.268. The van der Waals surface area contributed by atoms with Gasteiger partial charge in [0.2, 0.25) is 0 Å². The Morgan fingerprint density at radius 1 is 1.22 bits per heavy atom. The first-order valence-corrected chi connectivity index (χ1v) is 8.90. The van der Waals surface area contributed by atoms with Gasteiger partial charge < -0.3 is 19.4 Å². The summed E-state index contributed by atoms with van der Waals surface area (Å²) in [7, 11) is 3.91. The van der Waals surface area contributed by atoms with Crippen LogP contribution in [0.1, 0.15) is 6.92 Å². The van der Waals surface area contributed by atoms with Crippen LogP contribution in [0.2, 0.25) is 0 Å². The van der Waals surface area contributed by atoms with E-state index in [0.717, 1.165) is 11.5 Å². The molecular weight excluding hydrogens is 349 g/mol. The molecule has 0 radical (unpaired) electrons. The molecule has 0 N–H and O–H groups in total. The standard InChI is InChI=1S/C19H24FN5O2/c1-14(27-17-7-5-4-6-16(17)20)19(26)25-10-8-24(9-11-25)18-12-15(23(2)3)13-21-22-18/h4-7,12-14H,8-11H2,1-3H3. The van der Waals surface area contributed by atoms with Crippen molar-refractivity contribution < 1.29 is 13.9 Å². The molecule has 1 atom stereocenters. The zero-order valence-electron chi connectivity index (χ0n) is 15.8. The zero-order valence-corrected chi connectivity index (χ0v) is 15.8. The van der Waals surface area contributed by atoms with Gasteiger partial charge in [-0.3, -0.25) is 4.79 Å². The highest BCUT2D eigenvalue weighted by atomic mass is 19.1. The number of halogens is 1. The molecule has 1 fully saturated rings. The van der Waals surface area contributed by atoms with E-state index in [-0.39, 0.29) is 11.7 Å². The van der Waals surface area contributed by atoms with Gasteiger partial charge >= 0.3 is 0 Å². The summed E-state index contributed by atoms with van der Waals surface area (Å²) in [6, 6.07) is 8.08. The molecule has 0 aliphatic carbocycles. The Morgan fingerprint density at radius 3 is 2.59 bits per heavy atom. The Balaban J connectivity index is 1.57. The van der Waals surface area contributed by atoms with E-state index in [4.69, 9.17) is 4.74 Å². The Labute approximate surface area is 158 Å². The van der Waals surface area contributed by atoms with Gasteiger partial charge in [0.15, 0.2) is 23.5 Å². The van der Waals surface area contributed by atoms with Crippen molar-refractivity contribution in [1.82, 2.24) is 15.1 Å². The van der Waals surface area contributed by atoms with E-state index < -0.39 is 11.9 Å². The lowest BCUT2D eigenvalue weighted by Gasteiger charge is -2.36. The third kappa shape index (κ3) is 4.45. The first kappa shape index (κ1) is 18.9. The molecule has 27 heavy (non-hydrogen) atoms. The summed E-state index contributed by atoms with van der Waals surface area (Å²) in [6.45, 7) is 4.07. The lowest BCUT2D eigenvalue weighted by molar-refractivity contribution is -0.138. The van der Waals surface area contributed by atoms with Crippen molar-refractivity contribution >= 4 is 17.4 Å². The van der Waals surface area contributed by atoms with Crippen LogP contribution >= 0.6 is 0 Å². The van der Waals surface area contributed by atoms with E-state index >= 15 is 0 Å². The summed E-state index contributed by atoms with van der Waals surface area (Å²) in [4.78, 5) is 18.4. The van der Waals surface area contributed by atoms with Gasteiger partial charge in [-0.2, -0.15) is 5.10 Å². The monoisotopic (exact) mass is 373 g/mol. The molecule has 144 valence electrons. The van der Waals surface area contributed by atoms with Crippen molar-refractivity contribution in [1.29, 1.82) is 0 Å². The van der Waals surface area contributed by atoms with Crippen LogP contribution in [-0.2, 0) is 4.79 Å². The largest absolute Gasteiger partial charge is 0.478 e. The average Bonchev–Trinajstić information content (AvgIpc) is 2.69. The highest BCUT2D eigenvalue weighted by molar-refractivity contribution is 5.81. The molecule has 2 heterocycles. The summed E-state index contributed by atoms with van der Waals surface area (Å²) < 4.78 is 19.2. The van der Waals surface area contributed by atoms with Crippen LogP contribution in [0.25, 0.3) is 0 Å². The van der Waals surface area contributed by atoms with E-state index in [0.29, 0.717) is 26.2 Å². The van der Waals surface area contributed by atoms with Gasteiger partial charge in [0, 0.05) is 46.3 Å². The number of anilines is 2. The Morgan fingerprint density at radius 2 is 1.93 bits per heavy atom. The number of hydrogen-bond acceptors (Lipinski definition) is 6. The van der Waals surface area contributed by atoms with Gasteiger partial charge in [0.25, 0.3) is 5.91 Å². The fourth-order valence-electron chi connectivity index (χ4n) is 2.94. The van der Waals surface area contributed by atoms with Crippen molar-refractivity contribution in [3.63, 3.8) is 0 Å². The second-order valence-electron chi connectivity index (χ2n) is 6.67. The minimum absolute atomic E-state index is 0.0905. The second-order valence-corrected chi connectivity index (χ2v) is 6.67. The maximum atomic E-state index is 13.7. The third-order valence-electron chi connectivity index (χ3n) is 4.55. The number of amides is 1. The molecule has 1 aliphatic heterocycles. The van der Waals surface area contributed by atoms with Crippen molar-refractivity contribution in [3.8, 4) is 5.75 Å². The van der Waals surface area contributed by atoms with Crippen LogP contribution < -0.4 is 14.5 Å². The number of carbonyl (C=O) groups excluding carboxylic acids is 1. The predicted molar refractivity (Wildman–Crippen MR) is 102 cm³/mol. The van der Waals surface area contributed by atoms with E-state index in [9.17, 15) is 9.18 Å². The number of para-hydroxylation sites is 1. The maximum Gasteiger partial charge on any atom is 0.263 e. The molecule has 1 unspecified atom stereocenters.